The maximum atomic E-state index is 10.3. The summed E-state index contributed by atoms with van der Waals surface area (Å²) in [5, 5.41) is 10.3. The van der Waals surface area contributed by atoms with Crippen molar-refractivity contribution < 1.29 is 14.6 Å². The molecule has 2 atom stereocenters. The quantitative estimate of drug-likeness (QED) is 0.617. The standard InChI is InChI=1S/C12H18O3/c13-10-4-1-2-5-11(10)6-3-7-12(11)14-8-9-15-12/h1-2,10,13H,3-9H2/t10-,11-/m1/s1. The fraction of sp³-hybridized carbons (Fsp3) is 0.833. The third-order valence-electron chi connectivity index (χ3n) is 4.29. The highest BCUT2D eigenvalue weighted by Gasteiger charge is 2.61. The van der Waals surface area contributed by atoms with Gasteiger partial charge in [0.1, 0.15) is 0 Å². The predicted octanol–water partition coefficient (Wildman–Crippen LogP) is 1.61. The molecular formula is C12H18O3. The van der Waals surface area contributed by atoms with Crippen LogP contribution in [-0.4, -0.2) is 30.2 Å². The van der Waals surface area contributed by atoms with E-state index in [1.54, 1.807) is 0 Å². The van der Waals surface area contributed by atoms with Crippen molar-refractivity contribution in [2.75, 3.05) is 13.2 Å². The van der Waals surface area contributed by atoms with E-state index in [4.69, 9.17) is 9.47 Å². The van der Waals surface area contributed by atoms with E-state index in [0.717, 1.165) is 32.1 Å². The normalized spacial score (nSPS) is 43.1. The molecule has 2 fully saturated rings. The van der Waals surface area contributed by atoms with Crippen LogP contribution in [0.1, 0.15) is 32.1 Å². The van der Waals surface area contributed by atoms with Gasteiger partial charge in [-0.3, -0.25) is 0 Å². The zero-order valence-electron chi connectivity index (χ0n) is 8.95. The number of fused-ring (bicyclic) bond motifs is 1. The Morgan fingerprint density at radius 2 is 1.93 bits per heavy atom. The van der Waals surface area contributed by atoms with Gasteiger partial charge in [0.2, 0.25) is 0 Å². The summed E-state index contributed by atoms with van der Waals surface area (Å²) in [6.45, 7) is 1.36. The minimum absolute atomic E-state index is 0.168. The minimum atomic E-state index is -0.475. The van der Waals surface area contributed by atoms with E-state index in [9.17, 15) is 5.11 Å². The number of rotatable bonds is 0. The molecule has 3 nitrogen and oxygen atoms in total. The van der Waals surface area contributed by atoms with Crippen LogP contribution in [0.5, 0.6) is 0 Å². The van der Waals surface area contributed by atoms with Crippen molar-refractivity contribution in [3.05, 3.63) is 12.2 Å². The van der Waals surface area contributed by atoms with E-state index in [0.29, 0.717) is 13.2 Å². The summed E-state index contributed by atoms with van der Waals surface area (Å²) in [5.74, 6) is -0.475. The molecule has 1 aliphatic heterocycles. The summed E-state index contributed by atoms with van der Waals surface area (Å²) >= 11 is 0. The molecule has 3 rings (SSSR count). The van der Waals surface area contributed by atoms with Gasteiger partial charge < -0.3 is 14.6 Å². The van der Waals surface area contributed by atoms with Crippen molar-refractivity contribution in [2.45, 2.75) is 44.0 Å². The molecule has 0 unspecified atom stereocenters. The molecule has 84 valence electrons. The van der Waals surface area contributed by atoms with Crippen molar-refractivity contribution in [3.8, 4) is 0 Å². The van der Waals surface area contributed by atoms with Gasteiger partial charge in [0.25, 0.3) is 0 Å². The number of ether oxygens (including phenoxy) is 2. The average molecular weight is 210 g/mol. The van der Waals surface area contributed by atoms with Gasteiger partial charge in [-0.2, -0.15) is 0 Å². The number of aliphatic hydroxyl groups is 1. The Kier molecular flexibility index (Phi) is 2.16. The molecule has 1 heterocycles. The van der Waals surface area contributed by atoms with Crippen LogP contribution in [0.4, 0.5) is 0 Å². The molecule has 1 saturated heterocycles. The van der Waals surface area contributed by atoms with Crippen LogP contribution in [-0.2, 0) is 9.47 Å². The van der Waals surface area contributed by atoms with Crippen molar-refractivity contribution in [2.24, 2.45) is 5.41 Å². The first-order valence-corrected chi connectivity index (χ1v) is 5.90. The second-order valence-corrected chi connectivity index (χ2v) is 4.89. The van der Waals surface area contributed by atoms with E-state index in [1.807, 2.05) is 0 Å². The molecule has 0 aromatic heterocycles. The van der Waals surface area contributed by atoms with Crippen molar-refractivity contribution >= 4 is 0 Å². The third kappa shape index (κ3) is 1.17. The van der Waals surface area contributed by atoms with Crippen molar-refractivity contribution in [3.63, 3.8) is 0 Å². The van der Waals surface area contributed by atoms with Crippen LogP contribution in [0.15, 0.2) is 12.2 Å². The van der Waals surface area contributed by atoms with Crippen LogP contribution in [0, 0.1) is 5.41 Å². The molecule has 2 spiro atoms. The molecule has 2 aliphatic carbocycles. The Morgan fingerprint density at radius 1 is 1.13 bits per heavy atom. The fourth-order valence-corrected chi connectivity index (χ4v) is 3.52. The number of aliphatic hydroxyl groups excluding tert-OH is 1. The molecule has 1 N–H and O–H groups in total. The Labute approximate surface area is 90.1 Å². The maximum absolute atomic E-state index is 10.3. The van der Waals surface area contributed by atoms with Gasteiger partial charge in [-0.15, -0.1) is 0 Å². The summed E-state index contributed by atoms with van der Waals surface area (Å²) in [4.78, 5) is 0. The maximum Gasteiger partial charge on any atom is 0.176 e. The van der Waals surface area contributed by atoms with E-state index in [-0.39, 0.29) is 11.5 Å². The molecule has 1 saturated carbocycles. The Hall–Kier alpha value is -0.380. The molecule has 0 radical (unpaired) electrons. The SMILES string of the molecule is O[C@@H]1CC=CC[C@@]12CCCC21OCCO1. The van der Waals surface area contributed by atoms with Gasteiger partial charge in [0.15, 0.2) is 5.79 Å². The van der Waals surface area contributed by atoms with E-state index >= 15 is 0 Å². The first kappa shape index (κ1) is 9.82. The smallest absolute Gasteiger partial charge is 0.176 e. The van der Waals surface area contributed by atoms with E-state index in [1.165, 1.54) is 0 Å². The van der Waals surface area contributed by atoms with Crippen molar-refractivity contribution in [1.82, 2.24) is 0 Å². The second kappa shape index (κ2) is 3.30. The van der Waals surface area contributed by atoms with Gasteiger partial charge in [-0.05, 0) is 25.7 Å². The van der Waals surface area contributed by atoms with Crippen LogP contribution in [0.25, 0.3) is 0 Å². The highest BCUT2D eigenvalue weighted by atomic mass is 16.7. The third-order valence-corrected chi connectivity index (χ3v) is 4.29. The first-order valence-electron chi connectivity index (χ1n) is 5.90. The minimum Gasteiger partial charge on any atom is -0.392 e. The molecule has 0 aromatic rings. The summed E-state index contributed by atoms with van der Waals surface area (Å²) in [6, 6.07) is 0. The second-order valence-electron chi connectivity index (χ2n) is 4.89. The highest BCUT2D eigenvalue weighted by molar-refractivity contribution is 5.12. The predicted molar refractivity (Wildman–Crippen MR) is 55.3 cm³/mol. The van der Waals surface area contributed by atoms with Gasteiger partial charge in [-0.25, -0.2) is 0 Å². The largest absolute Gasteiger partial charge is 0.392 e. The van der Waals surface area contributed by atoms with Crippen molar-refractivity contribution in [1.29, 1.82) is 0 Å². The summed E-state index contributed by atoms with van der Waals surface area (Å²) in [7, 11) is 0. The lowest BCUT2D eigenvalue weighted by Gasteiger charge is -2.45. The van der Waals surface area contributed by atoms with Gasteiger partial charge in [-0.1, -0.05) is 12.2 Å². The van der Waals surface area contributed by atoms with Crippen LogP contribution in [0.2, 0.25) is 0 Å². The molecule has 3 aliphatic rings. The highest BCUT2D eigenvalue weighted by Crippen LogP contribution is 2.57. The van der Waals surface area contributed by atoms with E-state index < -0.39 is 5.79 Å². The van der Waals surface area contributed by atoms with E-state index in [2.05, 4.69) is 12.2 Å². The zero-order chi connectivity index (χ0) is 10.4. The Morgan fingerprint density at radius 3 is 2.67 bits per heavy atom. The number of allylic oxidation sites excluding steroid dienone is 1. The zero-order valence-corrected chi connectivity index (χ0v) is 8.95. The average Bonchev–Trinajstić information content (AvgIpc) is 2.83. The fourth-order valence-electron chi connectivity index (χ4n) is 3.52. The van der Waals surface area contributed by atoms with Gasteiger partial charge >= 0.3 is 0 Å². The molecule has 0 aromatic carbocycles. The first-order chi connectivity index (χ1) is 7.29. The summed E-state index contributed by atoms with van der Waals surface area (Å²) < 4.78 is 11.7. The Balaban J connectivity index is 1.98. The number of hydrogen-bond acceptors (Lipinski definition) is 3. The lowest BCUT2D eigenvalue weighted by Crippen LogP contribution is -2.52. The molecule has 3 heteroatoms. The molecule has 0 bridgehead atoms. The lowest BCUT2D eigenvalue weighted by molar-refractivity contribution is -0.248. The van der Waals surface area contributed by atoms with Crippen LogP contribution >= 0.6 is 0 Å². The van der Waals surface area contributed by atoms with Crippen LogP contribution < -0.4 is 0 Å². The van der Waals surface area contributed by atoms with Crippen LogP contribution in [0.3, 0.4) is 0 Å². The molecular weight excluding hydrogens is 192 g/mol. The topological polar surface area (TPSA) is 38.7 Å². The summed E-state index contributed by atoms with van der Waals surface area (Å²) in [5.41, 5.74) is -0.168. The molecule has 15 heavy (non-hydrogen) atoms. The monoisotopic (exact) mass is 210 g/mol. The lowest BCUT2D eigenvalue weighted by atomic mass is 9.70. The molecule has 0 amide bonds. The van der Waals surface area contributed by atoms with Gasteiger partial charge in [0, 0.05) is 6.42 Å². The Bertz CT molecular complexity index is 275. The van der Waals surface area contributed by atoms with Gasteiger partial charge in [0.05, 0.1) is 24.7 Å². The number of hydrogen-bond donors (Lipinski definition) is 1. The summed E-state index contributed by atoms with van der Waals surface area (Å²) in [6.07, 6.45) is 8.65.